The lowest BCUT2D eigenvalue weighted by atomic mass is 10.0. The number of amides is 1. The fraction of sp³-hybridized carbons (Fsp3) is 0.381. The van der Waals surface area contributed by atoms with Crippen molar-refractivity contribution in [2.45, 2.75) is 38.8 Å². The van der Waals surface area contributed by atoms with Crippen molar-refractivity contribution in [2.75, 3.05) is 22.9 Å². The highest BCUT2D eigenvalue weighted by Crippen LogP contribution is 2.29. The lowest BCUT2D eigenvalue weighted by Gasteiger charge is -2.33. The zero-order valence-electron chi connectivity index (χ0n) is 17.8. The van der Waals surface area contributed by atoms with Crippen molar-refractivity contribution in [3.05, 3.63) is 47.1 Å². The molecule has 11 heteroatoms. The van der Waals surface area contributed by atoms with E-state index in [4.69, 9.17) is 0 Å². The van der Waals surface area contributed by atoms with Gasteiger partial charge in [-0.05, 0) is 38.8 Å². The summed E-state index contributed by atoms with van der Waals surface area (Å²) in [6.07, 6.45) is 3.77. The SMILES string of the molecule is CC(C)N(C(=O)O)c1nnc2c(N3CCC(n4c(=O)[nH]c5ccccc54)CC3)nccn12. The summed E-state index contributed by atoms with van der Waals surface area (Å²) < 4.78 is 3.51. The fourth-order valence-corrected chi connectivity index (χ4v) is 4.50. The summed E-state index contributed by atoms with van der Waals surface area (Å²) in [4.78, 5) is 35.0. The molecular formula is C21H24N8O3. The van der Waals surface area contributed by atoms with Crippen molar-refractivity contribution in [1.82, 2.24) is 29.1 Å². The number of H-pyrrole nitrogens is 1. The molecule has 32 heavy (non-hydrogen) atoms. The molecule has 1 aliphatic heterocycles. The number of aromatic nitrogens is 6. The molecule has 0 saturated carbocycles. The molecule has 3 aromatic heterocycles. The molecule has 2 N–H and O–H groups in total. The number of imidazole rings is 1. The number of rotatable bonds is 4. The number of para-hydroxylation sites is 2. The van der Waals surface area contributed by atoms with E-state index in [0.29, 0.717) is 24.6 Å². The van der Waals surface area contributed by atoms with E-state index in [2.05, 4.69) is 25.1 Å². The Hall–Kier alpha value is -3.89. The molecule has 0 radical (unpaired) electrons. The summed E-state index contributed by atoms with van der Waals surface area (Å²) in [6, 6.07) is 7.52. The minimum absolute atomic E-state index is 0.0885. The minimum atomic E-state index is -1.09. The van der Waals surface area contributed by atoms with Gasteiger partial charge in [-0.25, -0.2) is 19.5 Å². The van der Waals surface area contributed by atoms with Crippen LogP contribution in [0.1, 0.15) is 32.7 Å². The van der Waals surface area contributed by atoms with Gasteiger partial charge in [-0.2, -0.15) is 0 Å². The molecule has 5 rings (SSSR count). The van der Waals surface area contributed by atoms with Crippen LogP contribution in [0.15, 0.2) is 41.5 Å². The second-order valence-electron chi connectivity index (χ2n) is 8.23. The smallest absolute Gasteiger partial charge is 0.414 e. The van der Waals surface area contributed by atoms with E-state index >= 15 is 0 Å². The summed E-state index contributed by atoms with van der Waals surface area (Å²) in [5.74, 6) is 0.899. The molecule has 11 nitrogen and oxygen atoms in total. The zero-order valence-corrected chi connectivity index (χ0v) is 17.8. The van der Waals surface area contributed by atoms with Crippen LogP contribution >= 0.6 is 0 Å². The van der Waals surface area contributed by atoms with Crippen molar-refractivity contribution < 1.29 is 9.90 Å². The minimum Gasteiger partial charge on any atom is -0.465 e. The second-order valence-corrected chi connectivity index (χ2v) is 8.23. The van der Waals surface area contributed by atoms with Gasteiger partial charge in [-0.3, -0.25) is 8.97 Å². The van der Waals surface area contributed by atoms with Gasteiger partial charge < -0.3 is 15.0 Å². The predicted octanol–water partition coefficient (Wildman–Crippen LogP) is 2.50. The standard InChI is InChI=1S/C21H24N8O3/c1-13(2)28(21(31)32)19-25-24-18-17(22-9-12-27(18)19)26-10-7-14(8-11-26)29-16-6-4-3-5-15(16)23-20(29)30/h3-6,9,12-14H,7-8,10-11H2,1-2H3,(H,23,30)(H,31,32). The number of fused-ring (bicyclic) bond motifs is 2. The molecule has 4 heterocycles. The van der Waals surface area contributed by atoms with E-state index in [0.717, 1.165) is 23.9 Å². The van der Waals surface area contributed by atoms with Crippen LogP contribution in [0.4, 0.5) is 16.6 Å². The maximum Gasteiger partial charge on any atom is 0.414 e. The Labute approximate surface area is 182 Å². The third kappa shape index (κ3) is 3.17. The Kier molecular flexibility index (Phi) is 4.80. The number of nitrogens with zero attached hydrogens (tertiary/aromatic N) is 7. The molecule has 0 unspecified atom stereocenters. The van der Waals surface area contributed by atoms with Crippen molar-refractivity contribution >= 4 is 34.5 Å². The number of aromatic amines is 1. The molecule has 0 bridgehead atoms. The van der Waals surface area contributed by atoms with Crippen molar-refractivity contribution in [3.63, 3.8) is 0 Å². The molecule has 166 valence electrons. The first-order chi connectivity index (χ1) is 15.5. The Morgan fingerprint density at radius 2 is 1.97 bits per heavy atom. The summed E-state index contributed by atoms with van der Waals surface area (Å²) in [5.41, 5.74) is 2.18. The van der Waals surface area contributed by atoms with E-state index in [1.54, 1.807) is 30.6 Å². The summed E-state index contributed by atoms with van der Waals surface area (Å²) in [6.45, 7) is 4.96. The van der Waals surface area contributed by atoms with Gasteiger partial charge in [-0.15, -0.1) is 10.2 Å². The molecule has 4 aromatic rings. The number of carbonyl (C=O) groups is 1. The molecule has 0 atom stereocenters. The monoisotopic (exact) mass is 436 g/mol. The Bertz CT molecular complexity index is 1350. The first kappa shape index (κ1) is 20.0. The Morgan fingerprint density at radius 1 is 1.22 bits per heavy atom. The summed E-state index contributed by atoms with van der Waals surface area (Å²) >= 11 is 0. The van der Waals surface area contributed by atoms with E-state index in [9.17, 15) is 14.7 Å². The number of hydrogen-bond acceptors (Lipinski definition) is 6. The van der Waals surface area contributed by atoms with Gasteiger partial charge in [0.1, 0.15) is 0 Å². The van der Waals surface area contributed by atoms with Gasteiger partial charge >= 0.3 is 11.8 Å². The second kappa shape index (κ2) is 7.66. The molecule has 0 aliphatic carbocycles. The lowest BCUT2D eigenvalue weighted by molar-refractivity contribution is 0.199. The van der Waals surface area contributed by atoms with E-state index in [1.807, 2.05) is 28.8 Å². The van der Waals surface area contributed by atoms with Crippen LogP contribution in [0.3, 0.4) is 0 Å². The molecule has 1 fully saturated rings. The van der Waals surface area contributed by atoms with Gasteiger partial charge in [0.15, 0.2) is 5.82 Å². The van der Waals surface area contributed by atoms with Crippen molar-refractivity contribution in [2.24, 2.45) is 0 Å². The van der Waals surface area contributed by atoms with Gasteiger partial charge in [-0.1, -0.05) is 12.1 Å². The average Bonchev–Trinajstić information content (AvgIpc) is 3.34. The third-order valence-electron chi connectivity index (χ3n) is 5.98. The van der Waals surface area contributed by atoms with E-state index < -0.39 is 6.09 Å². The molecule has 1 saturated heterocycles. The first-order valence-corrected chi connectivity index (χ1v) is 10.6. The number of hydrogen-bond donors (Lipinski definition) is 2. The highest BCUT2D eigenvalue weighted by atomic mass is 16.4. The molecule has 0 spiro atoms. The summed E-state index contributed by atoms with van der Waals surface area (Å²) in [5, 5.41) is 18.0. The quantitative estimate of drug-likeness (QED) is 0.503. The van der Waals surface area contributed by atoms with Crippen LogP contribution < -0.4 is 15.5 Å². The van der Waals surface area contributed by atoms with Crippen LogP contribution in [0.2, 0.25) is 0 Å². The first-order valence-electron chi connectivity index (χ1n) is 10.6. The predicted molar refractivity (Wildman–Crippen MR) is 119 cm³/mol. The van der Waals surface area contributed by atoms with Crippen molar-refractivity contribution in [1.29, 1.82) is 0 Å². The van der Waals surface area contributed by atoms with Crippen LogP contribution in [-0.2, 0) is 0 Å². The molecule has 1 aliphatic rings. The van der Waals surface area contributed by atoms with Crippen LogP contribution in [0.5, 0.6) is 0 Å². The highest BCUT2D eigenvalue weighted by molar-refractivity contribution is 5.85. The number of carboxylic acid groups (broad SMARTS) is 1. The Morgan fingerprint density at radius 3 is 2.69 bits per heavy atom. The zero-order chi connectivity index (χ0) is 22.4. The molecular weight excluding hydrogens is 412 g/mol. The van der Waals surface area contributed by atoms with Crippen LogP contribution in [-0.4, -0.2) is 59.5 Å². The van der Waals surface area contributed by atoms with E-state index in [1.165, 1.54) is 4.90 Å². The number of nitrogens with one attached hydrogen (secondary N) is 1. The number of piperidine rings is 1. The largest absolute Gasteiger partial charge is 0.465 e. The van der Waals surface area contributed by atoms with Gasteiger partial charge in [0.2, 0.25) is 11.6 Å². The van der Waals surface area contributed by atoms with Crippen LogP contribution in [0.25, 0.3) is 16.7 Å². The van der Waals surface area contributed by atoms with E-state index in [-0.39, 0.29) is 23.7 Å². The third-order valence-corrected chi connectivity index (χ3v) is 5.98. The fourth-order valence-electron chi connectivity index (χ4n) is 4.50. The number of benzene rings is 1. The average molecular weight is 436 g/mol. The van der Waals surface area contributed by atoms with Crippen LogP contribution in [0, 0.1) is 0 Å². The topological polar surface area (TPSA) is 125 Å². The maximum atomic E-state index is 12.5. The number of anilines is 2. The molecule has 1 amide bonds. The van der Waals surface area contributed by atoms with Gasteiger partial charge in [0, 0.05) is 37.6 Å². The van der Waals surface area contributed by atoms with Crippen molar-refractivity contribution in [3.8, 4) is 0 Å². The molecule has 1 aromatic carbocycles. The van der Waals surface area contributed by atoms with Gasteiger partial charge in [0.05, 0.1) is 11.0 Å². The normalized spacial score (nSPS) is 15.2. The lowest BCUT2D eigenvalue weighted by Crippen LogP contribution is -2.38. The Balaban J connectivity index is 1.43. The van der Waals surface area contributed by atoms with Gasteiger partial charge in [0.25, 0.3) is 0 Å². The highest BCUT2D eigenvalue weighted by Gasteiger charge is 2.28. The maximum absolute atomic E-state index is 12.5. The summed E-state index contributed by atoms with van der Waals surface area (Å²) in [7, 11) is 0.